The lowest BCUT2D eigenvalue weighted by atomic mass is 9.97. The van der Waals surface area contributed by atoms with Gasteiger partial charge in [-0.3, -0.25) is 9.59 Å². The number of benzene rings is 1. The highest BCUT2D eigenvalue weighted by Gasteiger charge is 2.41. The summed E-state index contributed by atoms with van der Waals surface area (Å²) in [6, 6.07) is 3.39. The quantitative estimate of drug-likeness (QED) is 0.619. The molecule has 2 aromatic rings. The van der Waals surface area contributed by atoms with Crippen LogP contribution < -0.4 is 15.2 Å². The fraction of sp³-hybridized carbons (Fsp3) is 0.429. The third kappa shape index (κ3) is 4.47. The number of aryl methyl sites for hydroxylation is 1. The summed E-state index contributed by atoms with van der Waals surface area (Å²) in [6.07, 6.45) is -6.01. The lowest BCUT2D eigenvalue weighted by molar-refractivity contribution is -0.216. The fourth-order valence-electron chi connectivity index (χ4n) is 3.80. The maximum absolute atomic E-state index is 14.5. The fourth-order valence-corrected chi connectivity index (χ4v) is 3.80. The van der Waals surface area contributed by atoms with Crippen LogP contribution in [0.3, 0.4) is 0 Å². The third-order valence-corrected chi connectivity index (χ3v) is 5.45. The molecule has 1 amide bonds. The van der Waals surface area contributed by atoms with E-state index >= 15 is 0 Å². The van der Waals surface area contributed by atoms with Crippen LogP contribution in [0, 0.1) is 18.6 Å². The van der Waals surface area contributed by atoms with Crippen LogP contribution in [0.4, 0.5) is 27.6 Å². The van der Waals surface area contributed by atoms with Gasteiger partial charge in [-0.1, -0.05) is 0 Å². The molecule has 1 aliphatic rings. The van der Waals surface area contributed by atoms with Crippen molar-refractivity contribution in [2.75, 3.05) is 25.7 Å². The van der Waals surface area contributed by atoms with Gasteiger partial charge in [-0.05, 0) is 18.6 Å². The second-order valence-electron chi connectivity index (χ2n) is 7.48. The van der Waals surface area contributed by atoms with Crippen molar-refractivity contribution >= 4 is 11.6 Å². The number of carbonyl (C=O) groups is 1. The van der Waals surface area contributed by atoms with E-state index in [1.54, 1.807) is 0 Å². The van der Waals surface area contributed by atoms with E-state index in [-0.39, 0.29) is 30.0 Å². The maximum Gasteiger partial charge on any atom is 0.416 e. The van der Waals surface area contributed by atoms with Gasteiger partial charge in [0, 0.05) is 49.9 Å². The minimum atomic E-state index is -4.70. The molecule has 1 saturated heterocycles. The number of anilines is 1. The van der Waals surface area contributed by atoms with Crippen LogP contribution in [0.5, 0.6) is 5.75 Å². The molecule has 0 saturated carbocycles. The van der Waals surface area contributed by atoms with Crippen LogP contribution in [0.2, 0.25) is 0 Å². The maximum atomic E-state index is 14.5. The Kier molecular flexibility index (Phi) is 6.59. The van der Waals surface area contributed by atoms with Gasteiger partial charge in [0.15, 0.2) is 6.10 Å². The number of rotatable bonds is 6. The van der Waals surface area contributed by atoms with Crippen molar-refractivity contribution < 1.29 is 36.2 Å². The number of nitrogens with zero attached hydrogens (tertiary/aromatic N) is 2. The molecule has 0 spiro atoms. The lowest BCUT2D eigenvalue weighted by Gasteiger charge is -2.23. The molecule has 11 heteroatoms. The van der Waals surface area contributed by atoms with Crippen LogP contribution in [-0.4, -0.2) is 43.5 Å². The van der Waals surface area contributed by atoms with Gasteiger partial charge >= 0.3 is 6.18 Å². The van der Waals surface area contributed by atoms with E-state index in [4.69, 9.17) is 4.74 Å². The van der Waals surface area contributed by atoms with Gasteiger partial charge in [-0.2, -0.15) is 13.2 Å². The third-order valence-electron chi connectivity index (χ3n) is 5.45. The molecular formula is C21H21F5N2O4. The average Bonchev–Trinajstić information content (AvgIpc) is 3.06. The SMILES string of the molecule is COc1cc(F)c([C@H]2CC(=O)N(c3c(C)ccn(CC(OC)C(F)(F)F)c3=O)C2)c(F)c1. The molecule has 0 aliphatic carbocycles. The number of alkyl halides is 3. The zero-order chi connectivity index (χ0) is 23.8. The molecule has 2 atom stereocenters. The van der Waals surface area contributed by atoms with Crippen LogP contribution in [-0.2, 0) is 16.1 Å². The average molecular weight is 460 g/mol. The van der Waals surface area contributed by atoms with Crippen LogP contribution in [0.15, 0.2) is 29.2 Å². The van der Waals surface area contributed by atoms with Gasteiger partial charge in [0.25, 0.3) is 5.56 Å². The number of aromatic nitrogens is 1. The highest BCUT2D eigenvalue weighted by Crippen LogP contribution is 2.36. The first-order chi connectivity index (χ1) is 15.0. The summed E-state index contributed by atoms with van der Waals surface area (Å²) in [6.45, 7) is 0.513. The number of hydrogen-bond donors (Lipinski definition) is 0. The van der Waals surface area contributed by atoms with E-state index in [1.165, 1.54) is 26.3 Å². The van der Waals surface area contributed by atoms with E-state index in [1.807, 2.05) is 0 Å². The number of ether oxygens (including phenoxy) is 2. The topological polar surface area (TPSA) is 60.8 Å². The van der Waals surface area contributed by atoms with Gasteiger partial charge in [0.2, 0.25) is 5.91 Å². The zero-order valence-electron chi connectivity index (χ0n) is 17.5. The smallest absolute Gasteiger partial charge is 0.416 e. The highest BCUT2D eigenvalue weighted by atomic mass is 19.4. The molecule has 2 heterocycles. The number of hydrogen-bond acceptors (Lipinski definition) is 4. The zero-order valence-corrected chi connectivity index (χ0v) is 17.5. The van der Waals surface area contributed by atoms with Crippen molar-refractivity contribution in [3.05, 3.63) is 57.5 Å². The largest absolute Gasteiger partial charge is 0.497 e. The first kappa shape index (κ1) is 23.7. The number of halogens is 5. The normalized spacial score (nSPS) is 17.7. The predicted octanol–water partition coefficient (Wildman–Crippen LogP) is 3.54. The summed E-state index contributed by atoms with van der Waals surface area (Å²) < 4.78 is 78.2. The Labute approximate surface area is 180 Å². The molecule has 1 aromatic carbocycles. The van der Waals surface area contributed by atoms with Gasteiger partial charge in [-0.15, -0.1) is 0 Å². The number of carbonyl (C=O) groups excluding carboxylic acids is 1. The summed E-state index contributed by atoms with van der Waals surface area (Å²) >= 11 is 0. The Morgan fingerprint density at radius 2 is 1.78 bits per heavy atom. The molecule has 32 heavy (non-hydrogen) atoms. The Morgan fingerprint density at radius 3 is 2.31 bits per heavy atom. The predicted molar refractivity (Wildman–Crippen MR) is 105 cm³/mol. The Morgan fingerprint density at radius 1 is 1.16 bits per heavy atom. The summed E-state index contributed by atoms with van der Waals surface area (Å²) in [7, 11) is 2.13. The molecule has 0 N–H and O–H groups in total. The molecular weight excluding hydrogens is 439 g/mol. The molecule has 6 nitrogen and oxygen atoms in total. The second-order valence-corrected chi connectivity index (χ2v) is 7.48. The summed E-state index contributed by atoms with van der Waals surface area (Å²) in [5.41, 5.74) is -0.934. The molecule has 1 aromatic heterocycles. The molecule has 1 fully saturated rings. The second kappa shape index (κ2) is 8.89. The van der Waals surface area contributed by atoms with Gasteiger partial charge < -0.3 is 18.9 Å². The van der Waals surface area contributed by atoms with E-state index in [0.29, 0.717) is 5.56 Å². The number of methoxy groups -OCH3 is 2. The van der Waals surface area contributed by atoms with Crippen molar-refractivity contribution in [1.29, 1.82) is 0 Å². The minimum Gasteiger partial charge on any atom is -0.497 e. The number of pyridine rings is 1. The lowest BCUT2D eigenvalue weighted by Crippen LogP contribution is -2.40. The van der Waals surface area contributed by atoms with E-state index < -0.39 is 47.8 Å². The van der Waals surface area contributed by atoms with E-state index in [9.17, 15) is 31.5 Å². The molecule has 3 rings (SSSR count). The molecule has 0 bridgehead atoms. The number of amides is 1. The van der Waals surface area contributed by atoms with Crippen LogP contribution in [0.1, 0.15) is 23.5 Å². The van der Waals surface area contributed by atoms with Crippen molar-refractivity contribution in [2.45, 2.75) is 38.1 Å². The minimum absolute atomic E-state index is 0.0240. The summed E-state index contributed by atoms with van der Waals surface area (Å²) in [4.78, 5) is 26.7. The first-order valence-electron chi connectivity index (χ1n) is 9.60. The first-order valence-corrected chi connectivity index (χ1v) is 9.60. The summed E-state index contributed by atoms with van der Waals surface area (Å²) in [5.74, 6) is -3.26. The van der Waals surface area contributed by atoms with Gasteiger partial charge in [0.05, 0.1) is 13.7 Å². The standard InChI is InChI=1S/C21H21F5N2O4/c1-11-4-5-27(10-16(32-3)21(24,25)26)20(30)19(11)28-9-12(6-17(28)29)18-14(22)7-13(31-2)8-15(18)23/h4-5,7-8,12,16H,6,9-10H2,1-3H3/t12-,16?/m0/s1. The Balaban J connectivity index is 1.96. The molecule has 1 aliphatic heterocycles. The van der Waals surface area contributed by atoms with Crippen molar-refractivity contribution in [3.8, 4) is 5.75 Å². The van der Waals surface area contributed by atoms with E-state index in [0.717, 1.165) is 28.7 Å². The van der Waals surface area contributed by atoms with Crippen molar-refractivity contribution in [3.63, 3.8) is 0 Å². The molecule has 1 unspecified atom stereocenters. The Bertz CT molecular complexity index is 1060. The van der Waals surface area contributed by atoms with Gasteiger partial charge in [-0.25, -0.2) is 8.78 Å². The van der Waals surface area contributed by atoms with Crippen LogP contribution >= 0.6 is 0 Å². The summed E-state index contributed by atoms with van der Waals surface area (Å²) in [5, 5.41) is 0. The monoisotopic (exact) mass is 460 g/mol. The van der Waals surface area contributed by atoms with Gasteiger partial charge in [0.1, 0.15) is 23.1 Å². The van der Waals surface area contributed by atoms with E-state index in [2.05, 4.69) is 4.74 Å². The van der Waals surface area contributed by atoms with Crippen LogP contribution in [0.25, 0.3) is 0 Å². The molecule has 0 radical (unpaired) electrons. The van der Waals surface area contributed by atoms with Crippen molar-refractivity contribution in [1.82, 2.24) is 4.57 Å². The molecule has 174 valence electrons. The Hall–Kier alpha value is -2.95. The highest BCUT2D eigenvalue weighted by molar-refractivity contribution is 5.97. The van der Waals surface area contributed by atoms with Crippen molar-refractivity contribution in [2.24, 2.45) is 0 Å².